The van der Waals surface area contributed by atoms with Gasteiger partial charge < -0.3 is 25.2 Å². The van der Waals surface area contributed by atoms with Gasteiger partial charge in [-0.3, -0.25) is 4.98 Å². The van der Waals surface area contributed by atoms with Crippen LogP contribution in [0.3, 0.4) is 0 Å². The Morgan fingerprint density at radius 3 is 2.78 bits per heavy atom. The molecular weight excluding hydrogens is 400 g/mol. The summed E-state index contributed by atoms with van der Waals surface area (Å²) in [6, 6.07) is 3.95. The average Bonchev–Trinajstić information content (AvgIpc) is 2.95. The number of anilines is 1. The summed E-state index contributed by atoms with van der Waals surface area (Å²) in [5.74, 6) is 1.41. The van der Waals surface area contributed by atoms with Gasteiger partial charge in [0.05, 0.1) is 17.2 Å². The topological polar surface area (TPSA) is 78.2 Å². The fourth-order valence-electron chi connectivity index (χ4n) is 4.45. The number of allylic oxidation sites excluding steroid dienone is 2. The number of pyridine rings is 1. The van der Waals surface area contributed by atoms with Crippen LogP contribution in [0, 0.1) is 12.8 Å². The maximum atomic E-state index is 10.4. The summed E-state index contributed by atoms with van der Waals surface area (Å²) in [7, 11) is 0. The number of likely N-dealkylation sites (tertiary alicyclic amines) is 1. The second kappa shape index (κ2) is 10.3. The molecule has 32 heavy (non-hydrogen) atoms. The minimum atomic E-state index is 0.222. The van der Waals surface area contributed by atoms with Crippen LogP contribution >= 0.6 is 0 Å². The lowest BCUT2D eigenvalue weighted by Gasteiger charge is -2.32. The molecule has 4 rings (SSSR count). The van der Waals surface area contributed by atoms with E-state index in [1.54, 1.807) is 6.07 Å². The lowest BCUT2D eigenvalue weighted by Crippen LogP contribution is -2.42. The standard InChI is InChI=1S/C25H36N6O/c1-4-26-12-15-30-13-10-20(11-14-30)28-25-29-21-16-18(2)6-5-7-23(21)31(25)17-22-24(32)9-8-19(3)27-22/h5-9,16,18,20,26,32H,4,10-15,17H2,1-3H3,(H,28,29). The number of aromatic nitrogens is 3. The van der Waals surface area contributed by atoms with Crippen molar-refractivity contribution in [3.63, 3.8) is 0 Å². The van der Waals surface area contributed by atoms with Gasteiger partial charge in [0, 0.05) is 37.9 Å². The Balaban J connectivity index is 1.57. The largest absolute Gasteiger partial charge is 0.506 e. The number of likely N-dealkylation sites (N-methyl/N-ethyl adjacent to an activating group) is 1. The second-order valence-electron chi connectivity index (χ2n) is 8.90. The van der Waals surface area contributed by atoms with E-state index in [2.05, 4.69) is 63.2 Å². The molecule has 1 atom stereocenters. The smallest absolute Gasteiger partial charge is 0.204 e. The average molecular weight is 437 g/mol. The number of aryl methyl sites for hydroxylation is 1. The molecule has 172 valence electrons. The number of hydrogen-bond acceptors (Lipinski definition) is 6. The normalized spacial score (nSPS) is 19.2. The molecule has 0 amide bonds. The van der Waals surface area contributed by atoms with Gasteiger partial charge in [-0.2, -0.15) is 0 Å². The fourth-order valence-corrected chi connectivity index (χ4v) is 4.45. The quantitative estimate of drug-likeness (QED) is 0.546. The molecule has 0 aromatic carbocycles. The van der Waals surface area contributed by atoms with Crippen LogP contribution < -0.4 is 21.3 Å². The Morgan fingerprint density at radius 1 is 1.19 bits per heavy atom. The molecule has 3 heterocycles. The molecule has 1 unspecified atom stereocenters. The fraction of sp³-hybridized carbons (Fsp3) is 0.520. The molecule has 1 fully saturated rings. The predicted octanol–water partition coefficient (Wildman–Crippen LogP) is 1.59. The van der Waals surface area contributed by atoms with Gasteiger partial charge in [-0.15, -0.1) is 0 Å². The van der Waals surface area contributed by atoms with E-state index in [4.69, 9.17) is 4.98 Å². The maximum absolute atomic E-state index is 10.4. The molecule has 0 bridgehead atoms. The highest BCUT2D eigenvalue weighted by Gasteiger charge is 2.21. The molecule has 1 saturated heterocycles. The molecule has 0 saturated carbocycles. The van der Waals surface area contributed by atoms with Crippen molar-refractivity contribution in [3.05, 3.63) is 46.4 Å². The molecule has 1 aliphatic carbocycles. The van der Waals surface area contributed by atoms with Crippen molar-refractivity contribution in [2.24, 2.45) is 5.92 Å². The van der Waals surface area contributed by atoms with Crippen molar-refractivity contribution in [2.45, 2.75) is 46.2 Å². The van der Waals surface area contributed by atoms with Gasteiger partial charge in [-0.1, -0.05) is 26.0 Å². The van der Waals surface area contributed by atoms with Crippen LogP contribution in [-0.2, 0) is 6.54 Å². The van der Waals surface area contributed by atoms with E-state index in [0.717, 1.165) is 67.9 Å². The lowest BCUT2D eigenvalue weighted by molar-refractivity contribution is 0.219. The van der Waals surface area contributed by atoms with Gasteiger partial charge in [0.15, 0.2) is 0 Å². The first kappa shape index (κ1) is 22.6. The van der Waals surface area contributed by atoms with Crippen LogP contribution in [0.4, 0.5) is 5.95 Å². The number of nitrogens with zero attached hydrogens (tertiary/aromatic N) is 4. The van der Waals surface area contributed by atoms with Gasteiger partial charge in [-0.25, -0.2) is 4.98 Å². The molecular formula is C25H36N6O. The number of hydrogen-bond donors (Lipinski definition) is 3. The Kier molecular flexibility index (Phi) is 7.27. The van der Waals surface area contributed by atoms with Crippen LogP contribution in [0.1, 0.15) is 38.1 Å². The highest BCUT2D eigenvalue weighted by Crippen LogP contribution is 2.19. The van der Waals surface area contributed by atoms with E-state index < -0.39 is 0 Å². The number of aromatic hydroxyl groups is 1. The monoisotopic (exact) mass is 436 g/mol. The Labute approximate surface area is 190 Å². The molecule has 2 aromatic rings. The molecule has 3 N–H and O–H groups in total. The van der Waals surface area contributed by atoms with Crippen LogP contribution in [0.15, 0.2) is 24.3 Å². The Hall–Kier alpha value is -2.64. The minimum absolute atomic E-state index is 0.222. The summed E-state index contributed by atoms with van der Waals surface area (Å²) in [6.45, 7) is 12.1. The van der Waals surface area contributed by atoms with Crippen LogP contribution in [0.5, 0.6) is 5.75 Å². The first-order valence-electron chi connectivity index (χ1n) is 11.9. The lowest BCUT2D eigenvalue weighted by atomic mass is 10.1. The highest BCUT2D eigenvalue weighted by atomic mass is 16.3. The van der Waals surface area contributed by atoms with Gasteiger partial charge >= 0.3 is 0 Å². The third-order valence-electron chi connectivity index (χ3n) is 6.30. The molecule has 7 heteroatoms. The zero-order valence-electron chi connectivity index (χ0n) is 19.5. The van der Waals surface area contributed by atoms with Crippen molar-refractivity contribution < 1.29 is 5.11 Å². The molecule has 1 aliphatic heterocycles. The first-order chi connectivity index (χ1) is 15.5. The molecule has 2 aromatic heterocycles. The second-order valence-corrected chi connectivity index (χ2v) is 8.90. The van der Waals surface area contributed by atoms with Gasteiger partial charge in [0.1, 0.15) is 11.4 Å². The van der Waals surface area contributed by atoms with E-state index in [9.17, 15) is 5.11 Å². The summed E-state index contributed by atoms with van der Waals surface area (Å²) in [4.78, 5) is 12.1. The van der Waals surface area contributed by atoms with Gasteiger partial charge in [0.2, 0.25) is 5.95 Å². The van der Waals surface area contributed by atoms with Gasteiger partial charge in [-0.05, 0) is 56.5 Å². The third kappa shape index (κ3) is 5.40. The highest BCUT2D eigenvalue weighted by molar-refractivity contribution is 5.46. The zero-order chi connectivity index (χ0) is 22.5. The number of rotatable bonds is 8. The number of fused-ring (bicyclic) bond motifs is 1. The summed E-state index contributed by atoms with van der Waals surface area (Å²) in [5.41, 5.74) is 1.56. The van der Waals surface area contributed by atoms with Crippen LogP contribution in [0.25, 0.3) is 12.2 Å². The number of imidazole rings is 1. The summed E-state index contributed by atoms with van der Waals surface area (Å²) < 4.78 is 2.16. The molecule has 2 aliphatic rings. The van der Waals surface area contributed by atoms with Crippen molar-refractivity contribution in [1.29, 1.82) is 0 Å². The van der Waals surface area contributed by atoms with E-state index in [-0.39, 0.29) is 5.75 Å². The van der Waals surface area contributed by atoms with Crippen LogP contribution in [-0.4, -0.2) is 63.3 Å². The predicted molar refractivity (Wildman–Crippen MR) is 130 cm³/mol. The Morgan fingerprint density at radius 2 is 2.00 bits per heavy atom. The van der Waals surface area contributed by atoms with E-state index in [0.29, 0.717) is 24.2 Å². The van der Waals surface area contributed by atoms with Crippen molar-refractivity contribution in [3.8, 4) is 5.75 Å². The minimum Gasteiger partial charge on any atom is -0.506 e. The summed E-state index contributed by atoms with van der Waals surface area (Å²) in [6.07, 6.45) is 10.8. The maximum Gasteiger partial charge on any atom is 0.204 e. The van der Waals surface area contributed by atoms with Crippen molar-refractivity contribution in [2.75, 3.05) is 38.0 Å². The summed E-state index contributed by atoms with van der Waals surface area (Å²) >= 11 is 0. The van der Waals surface area contributed by atoms with E-state index >= 15 is 0 Å². The van der Waals surface area contributed by atoms with E-state index in [1.807, 2.05) is 13.0 Å². The number of piperidine rings is 1. The van der Waals surface area contributed by atoms with Gasteiger partial charge in [0.25, 0.3) is 0 Å². The zero-order valence-corrected chi connectivity index (χ0v) is 19.5. The van der Waals surface area contributed by atoms with Crippen molar-refractivity contribution in [1.82, 2.24) is 24.8 Å². The number of nitrogens with one attached hydrogen (secondary N) is 2. The van der Waals surface area contributed by atoms with E-state index in [1.165, 1.54) is 0 Å². The molecule has 0 spiro atoms. The first-order valence-corrected chi connectivity index (χ1v) is 11.9. The molecule has 0 radical (unpaired) electrons. The Bertz CT molecular complexity index is 1060. The summed E-state index contributed by atoms with van der Waals surface area (Å²) in [5, 5.41) is 19.6. The third-order valence-corrected chi connectivity index (χ3v) is 6.30. The van der Waals surface area contributed by atoms with Crippen LogP contribution in [0.2, 0.25) is 0 Å². The SMILES string of the molecule is CCNCCN1CCC(Nc2nc3c(n2Cc2nc(C)ccc2O)=CC=CC(C)C=3)CC1. The van der Waals surface area contributed by atoms with Crippen molar-refractivity contribution >= 4 is 18.1 Å². The molecule has 7 nitrogen and oxygen atoms in total.